The molecule has 1 aliphatic carbocycles. The molecule has 3 amide bonds. The van der Waals surface area contributed by atoms with Gasteiger partial charge >= 0.3 is 6.03 Å². The van der Waals surface area contributed by atoms with Gasteiger partial charge in [0, 0.05) is 29.8 Å². The van der Waals surface area contributed by atoms with Crippen molar-refractivity contribution in [2.45, 2.75) is 18.9 Å². The number of fused-ring (bicyclic) bond motifs is 1. The molecule has 0 unspecified atom stereocenters. The molecule has 4 N–H and O–H groups in total. The zero-order valence-electron chi connectivity index (χ0n) is 17.3. The van der Waals surface area contributed by atoms with Gasteiger partial charge in [0.05, 0.1) is 16.8 Å². The molecule has 0 bridgehead atoms. The minimum Gasteiger partial charge on any atom is -0.478 e. The summed E-state index contributed by atoms with van der Waals surface area (Å²) in [7, 11) is 0. The smallest absolute Gasteiger partial charge is 0.319 e. The zero-order valence-corrected chi connectivity index (χ0v) is 18.1. The van der Waals surface area contributed by atoms with E-state index in [2.05, 4.69) is 15.6 Å². The third-order valence-corrected chi connectivity index (χ3v) is 5.22. The number of nitrogens with zero attached hydrogens (tertiary/aromatic N) is 2. The van der Waals surface area contributed by atoms with Crippen molar-refractivity contribution < 1.29 is 27.8 Å². The Kier molecular flexibility index (Phi) is 6.34. The number of benzene rings is 2. The maximum absolute atomic E-state index is 14.9. The highest BCUT2D eigenvalue weighted by Gasteiger charge is 2.25. The van der Waals surface area contributed by atoms with Gasteiger partial charge in [0.1, 0.15) is 22.6 Å². The number of pyridine rings is 1. The number of rotatable bonds is 7. The third kappa shape index (κ3) is 4.77. The molecule has 174 valence electrons. The van der Waals surface area contributed by atoms with E-state index in [-0.39, 0.29) is 46.3 Å². The molecular formula is C22H16ClF2N5O4. The van der Waals surface area contributed by atoms with E-state index in [9.17, 15) is 18.4 Å². The van der Waals surface area contributed by atoms with Crippen molar-refractivity contribution in [2.75, 3.05) is 11.9 Å². The van der Waals surface area contributed by atoms with Crippen molar-refractivity contribution in [1.82, 2.24) is 10.3 Å². The van der Waals surface area contributed by atoms with Crippen LogP contribution in [0.1, 0.15) is 23.2 Å². The fraction of sp³-hybridized carbons (Fsp3) is 0.182. The fourth-order valence-electron chi connectivity index (χ4n) is 3.10. The number of aromatic nitrogens is 1. The molecule has 34 heavy (non-hydrogen) atoms. The average Bonchev–Trinajstić information content (AvgIpc) is 3.61. The number of carbonyl (C=O) groups excluding carboxylic acids is 2. The van der Waals surface area contributed by atoms with E-state index in [0.29, 0.717) is 0 Å². The highest BCUT2D eigenvalue weighted by molar-refractivity contribution is 6.34. The first-order valence-corrected chi connectivity index (χ1v) is 10.3. The first-order chi connectivity index (χ1) is 16.3. The number of carbonyl (C=O) groups is 2. The van der Waals surface area contributed by atoms with Crippen LogP contribution in [0.5, 0.6) is 17.2 Å². The molecule has 0 aliphatic heterocycles. The molecular weight excluding hydrogens is 472 g/mol. The minimum absolute atomic E-state index is 0.0199. The quantitative estimate of drug-likeness (QED) is 0.426. The van der Waals surface area contributed by atoms with E-state index < -0.39 is 34.3 Å². The van der Waals surface area contributed by atoms with Crippen molar-refractivity contribution in [3.05, 3.63) is 52.7 Å². The van der Waals surface area contributed by atoms with Crippen LogP contribution in [-0.4, -0.2) is 29.6 Å². The first-order valence-electron chi connectivity index (χ1n) is 9.93. The molecule has 2 aromatic carbocycles. The number of halogens is 3. The van der Waals surface area contributed by atoms with Crippen LogP contribution in [0.2, 0.25) is 5.02 Å². The number of hydrogen-bond acceptors (Lipinski definition) is 6. The monoisotopic (exact) mass is 487 g/mol. The SMILES string of the molecule is N#CCOc1cc2nccc(Oc3c(F)cc(NC(=O)NC4CC4)c(Cl)c3F)c2cc1C(N)=O. The van der Waals surface area contributed by atoms with Crippen LogP contribution >= 0.6 is 11.6 Å². The fourth-order valence-corrected chi connectivity index (χ4v) is 3.29. The van der Waals surface area contributed by atoms with Gasteiger partial charge in [-0.1, -0.05) is 11.6 Å². The van der Waals surface area contributed by atoms with Crippen molar-refractivity contribution in [3.8, 4) is 23.3 Å². The topological polar surface area (TPSA) is 139 Å². The van der Waals surface area contributed by atoms with E-state index in [1.807, 2.05) is 0 Å². The van der Waals surface area contributed by atoms with E-state index in [4.69, 9.17) is 32.1 Å². The molecule has 0 atom stereocenters. The van der Waals surface area contributed by atoms with Gasteiger partial charge in [-0.2, -0.15) is 5.26 Å². The molecule has 0 spiro atoms. The molecule has 4 rings (SSSR count). The Balaban J connectivity index is 1.69. The largest absolute Gasteiger partial charge is 0.478 e. The normalized spacial score (nSPS) is 12.6. The Hall–Kier alpha value is -4.17. The number of urea groups is 1. The molecule has 3 aromatic rings. The van der Waals surface area contributed by atoms with Gasteiger partial charge in [-0.3, -0.25) is 9.78 Å². The van der Waals surface area contributed by atoms with Gasteiger partial charge in [0.25, 0.3) is 5.91 Å². The summed E-state index contributed by atoms with van der Waals surface area (Å²) >= 11 is 6.01. The lowest BCUT2D eigenvalue weighted by atomic mass is 10.1. The molecule has 12 heteroatoms. The Bertz CT molecular complexity index is 1360. The first kappa shape index (κ1) is 23.0. The maximum atomic E-state index is 14.9. The molecule has 0 radical (unpaired) electrons. The van der Waals surface area contributed by atoms with Gasteiger partial charge in [-0.05, 0) is 25.0 Å². The predicted octanol–water partition coefficient (Wildman–Crippen LogP) is 4.24. The summed E-state index contributed by atoms with van der Waals surface area (Å²) in [6.07, 6.45) is 2.98. The number of anilines is 1. The highest BCUT2D eigenvalue weighted by Crippen LogP contribution is 2.39. The summed E-state index contributed by atoms with van der Waals surface area (Å²) < 4.78 is 40.4. The molecule has 0 saturated heterocycles. The van der Waals surface area contributed by atoms with Crippen molar-refractivity contribution in [2.24, 2.45) is 5.73 Å². The Morgan fingerprint density at radius 2 is 2.03 bits per heavy atom. The number of ether oxygens (including phenoxy) is 2. The Labute approximate surface area is 196 Å². The Morgan fingerprint density at radius 3 is 2.71 bits per heavy atom. The van der Waals surface area contributed by atoms with Crippen LogP contribution in [-0.2, 0) is 0 Å². The third-order valence-electron chi connectivity index (χ3n) is 4.85. The molecule has 1 heterocycles. The van der Waals surface area contributed by atoms with Crippen molar-refractivity contribution >= 4 is 40.1 Å². The number of amides is 3. The number of nitriles is 1. The maximum Gasteiger partial charge on any atom is 0.319 e. The second kappa shape index (κ2) is 9.36. The summed E-state index contributed by atoms with van der Waals surface area (Å²) in [6, 6.07) is 5.96. The van der Waals surface area contributed by atoms with Crippen LogP contribution in [0.15, 0.2) is 30.5 Å². The lowest BCUT2D eigenvalue weighted by Crippen LogP contribution is -2.30. The van der Waals surface area contributed by atoms with Crippen LogP contribution < -0.4 is 25.8 Å². The van der Waals surface area contributed by atoms with E-state index in [1.54, 1.807) is 6.07 Å². The highest BCUT2D eigenvalue weighted by atomic mass is 35.5. The molecule has 1 aliphatic rings. The standard InChI is InChI=1S/C22H16ClF2N5O4/c23-18-15(30-22(32)29-10-1-2-10)8-13(24)20(19(18)25)34-16-3-5-28-14-9-17(33-6-4-26)12(21(27)31)7-11(14)16/h3,5,7-10H,1-2,6H2,(H2,27,31)(H2,29,30,32). The minimum atomic E-state index is -1.24. The average molecular weight is 488 g/mol. The summed E-state index contributed by atoms with van der Waals surface area (Å²) in [5.74, 6) is -4.08. The molecule has 1 aromatic heterocycles. The molecule has 1 fully saturated rings. The summed E-state index contributed by atoms with van der Waals surface area (Å²) in [4.78, 5) is 27.9. The lowest BCUT2D eigenvalue weighted by Gasteiger charge is -2.15. The molecule has 1 saturated carbocycles. The van der Waals surface area contributed by atoms with E-state index in [1.165, 1.54) is 24.4 Å². The van der Waals surface area contributed by atoms with Crippen LogP contribution in [0.3, 0.4) is 0 Å². The van der Waals surface area contributed by atoms with Crippen LogP contribution in [0, 0.1) is 23.0 Å². The summed E-state index contributed by atoms with van der Waals surface area (Å²) in [5, 5.41) is 13.3. The van der Waals surface area contributed by atoms with Gasteiger partial charge in [0.2, 0.25) is 0 Å². The zero-order chi connectivity index (χ0) is 24.4. The van der Waals surface area contributed by atoms with E-state index >= 15 is 0 Å². The second-order valence-corrected chi connectivity index (χ2v) is 7.70. The van der Waals surface area contributed by atoms with Gasteiger partial charge < -0.3 is 25.8 Å². The number of primary amides is 1. The lowest BCUT2D eigenvalue weighted by molar-refractivity contribution is 0.0997. The number of hydrogen-bond donors (Lipinski definition) is 3. The van der Waals surface area contributed by atoms with E-state index in [0.717, 1.165) is 18.9 Å². The number of nitrogens with two attached hydrogens (primary N) is 1. The number of nitrogens with one attached hydrogen (secondary N) is 2. The molecule has 9 nitrogen and oxygen atoms in total. The van der Waals surface area contributed by atoms with Crippen molar-refractivity contribution in [3.63, 3.8) is 0 Å². The Morgan fingerprint density at radius 1 is 1.26 bits per heavy atom. The van der Waals surface area contributed by atoms with Gasteiger partial charge in [-0.15, -0.1) is 0 Å². The van der Waals surface area contributed by atoms with Gasteiger partial charge in [-0.25, -0.2) is 13.6 Å². The van der Waals surface area contributed by atoms with Crippen LogP contribution in [0.25, 0.3) is 10.9 Å². The predicted molar refractivity (Wildman–Crippen MR) is 118 cm³/mol. The second-order valence-electron chi connectivity index (χ2n) is 7.32. The summed E-state index contributed by atoms with van der Waals surface area (Å²) in [6.45, 7) is -0.337. The van der Waals surface area contributed by atoms with Crippen LogP contribution in [0.4, 0.5) is 19.3 Å². The summed E-state index contributed by atoms with van der Waals surface area (Å²) in [5.41, 5.74) is 5.30. The van der Waals surface area contributed by atoms with Crippen molar-refractivity contribution in [1.29, 1.82) is 5.26 Å². The van der Waals surface area contributed by atoms with Gasteiger partial charge in [0.15, 0.2) is 24.0 Å².